The van der Waals surface area contributed by atoms with Crippen molar-refractivity contribution in [3.63, 3.8) is 0 Å². The summed E-state index contributed by atoms with van der Waals surface area (Å²) >= 11 is 0. The second-order valence-corrected chi connectivity index (χ2v) is 8.11. The fraction of sp³-hybridized carbons (Fsp3) is 0.333. The smallest absolute Gasteiger partial charge is 0.113 e. The van der Waals surface area contributed by atoms with Gasteiger partial charge in [0.2, 0.25) is 0 Å². The molecule has 5 heteroatoms. The first kappa shape index (κ1) is 22.6. The van der Waals surface area contributed by atoms with Gasteiger partial charge in [0.15, 0.2) is 0 Å². The summed E-state index contributed by atoms with van der Waals surface area (Å²) in [7, 11) is 0. The number of β-amino-alcohol motifs (C(OH)–C–C–N with tert-alkyl or cyclic N) is 1. The summed E-state index contributed by atoms with van der Waals surface area (Å²) in [6.07, 6.45) is -1.46. The molecule has 0 radical (unpaired) electrons. The number of piperidine rings is 1. The molecule has 1 aliphatic heterocycles. The van der Waals surface area contributed by atoms with Crippen molar-refractivity contribution in [1.82, 2.24) is 5.32 Å². The van der Waals surface area contributed by atoms with E-state index in [2.05, 4.69) is 5.32 Å². The van der Waals surface area contributed by atoms with Gasteiger partial charge in [0.1, 0.15) is 12.2 Å². The van der Waals surface area contributed by atoms with E-state index in [0.29, 0.717) is 33.0 Å². The van der Waals surface area contributed by atoms with Crippen molar-refractivity contribution < 1.29 is 19.3 Å². The van der Waals surface area contributed by atoms with Gasteiger partial charge >= 0.3 is 0 Å². The zero-order chi connectivity index (χ0) is 22.0. The highest BCUT2D eigenvalue weighted by Crippen LogP contribution is 2.22. The molecule has 0 saturated carbocycles. The van der Waals surface area contributed by atoms with Crippen LogP contribution in [0.4, 0.5) is 0 Å². The highest BCUT2D eigenvalue weighted by molar-refractivity contribution is 5.15. The lowest BCUT2D eigenvalue weighted by molar-refractivity contribution is -0.165. The molecule has 4 atom stereocenters. The van der Waals surface area contributed by atoms with Crippen molar-refractivity contribution in [3.05, 3.63) is 108 Å². The Morgan fingerprint density at radius 1 is 0.656 bits per heavy atom. The zero-order valence-electron chi connectivity index (χ0n) is 18.2. The monoisotopic (exact) mass is 433 g/mol. The maximum Gasteiger partial charge on any atom is 0.113 e. The van der Waals surface area contributed by atoms with Gasteiger partial charge in [-0.05, 0) is 16.7 Å². The van der Waals surface area contributed by atoms with Crippen LogP contribution in [-0.4, -0.2) is 42.6 Å². The lowest BCUT2D eigenvalue weighted by atomic mass is 9.95. The van der Waals surface area contributed by atoms with Crippen LogP contribution in [0.3, 0.4) is 0 Å². The van der Waals surface area contributed by atoms with Crippen LogP contribution in [0.1, 0.15) is 16.7 Å². The lowest BCUT2D eigenvalue weighted by Gasteiger charge is -2.41. The molecule has 5 nitrogen and oxygen atoms in total. The fourth-order valence-electron chi connectivity index (χ4n) is 3.93. The molecule has 1 saturated heterocycles. The highest BCUT2D eigenvalue weighted by Gasteiger charge is 2.40. The van der Waals surface area contributed by atoms with Crippen molar-refractivity contribution in [2.75, 3.05) is 13.2 Å². The van der Waals surface area contributed by atoms with Crippen molar-refractivity contribution in [1.29, 1.82) is 0 Å². The quantitative estimate of drug-likeness (QED) is 0.511. The Labute approximate surface area is 190 Å². The van der Waals surface area contributed by atoms with Crippen molar-refractivity contribution in [2.24, 2.45) is 0 Å². The molecule has 0 amide bonds. The van der Waals surface area contributed by atoms with E-state index in [1.165, 1.54) is 0 Å². The van der Waals surface area contributed by atoms with Gasteiger partial charge in [-0.15, -0.1) is 0 Å². The Morgan fingerprint density at radius 2 is 1.12 bits per heavy atom. The minimum atomic E-state index is -0.662. The van der Waals surface area contributed by atoms with E-state index in [4.69, 9.17) is 14.2 Å². The summed E-state index contributed by atoms with van der Waals surface area (Å²) < 4.78 is 18.5. The van der Waals surface area contributed by atoms with Gasteiger partial charge in [0.25, 0.3) is 0 Å². The molecular formula is C27H31NO4. The molecule has 168 valence electrons. The van der Waals surface area contributed by atoms with E-state index in [9.17, 15) is 5.11 Å². The van der Waals surface area contributed by atoms with Gasteiger partial charge < -0.3 is 24.6 Å². The lowest BCUT2D eigenvalue weighted by Crippen LogP contribution is -2.62. The largest absolute Gasteiger partial charge is 0.389 e. The maximum atomic E-state index is 10.7. The van der Waals surface area contributed by atoms with Crippen LogP contribution in [-0.2, 0) is 34.0 Å². The van der Waals surface area contributed by atoms with Crippen molar-refractivity contribution in [2.45, 2.75) is 44.2 Å². The molecule has 0 spiro atoms. The Kier molecular flexibility index (Phi) is 8.42. The van der Waals surface area contributed by atoms with Crippen LogP contribution in [0, 0.1) is 0 Å². The number of ether oxygens (including phenoxy) is 3. The summed E-state index contributed by atoms with van der Waals surface area (Å²) in [6, 6.07) is 30.1. The first-order valence-corrected chi connectivity index (χ1v) is 11.1. The number of nitrogens with one attached hydrogen (secondary N) is 1. The summed E-state index contributed by atoms with van der Waals surface area (Å²) in [5.74, 6) is 0. The van der Waals surface area contributed by atoms with E-state index >= 15 is 0 Å². The molecule has 0 unspecified atom stereocenters. The minimum Gasteiger partial charge on any atom is -0.389 e. The summed E-state index contributed by atoms with van der Waals surface area (Å²) in [4.78, 5) is 0. The van der Waals surface area contributed by atoms with Gasteiger partial charge in [-0.1, -0.05) is 91.0 Å². The normalized spacial score (nSPS) is 23.2. The molecule has 1 aliphatic rings. The number of hydrogen-bond acceptors (Lipinski definition) is 5. The molecule has 4 rings (SSSR count). The molecular weight excluding hydrogens is 402 g/mol. The van der Waals surface area contributed by atoms with Gasteiger partial charge in [0, 0.05) is 6.54 Å². The molecule has 0 aromatic heterocycles. The van der Waals surface area contributed by atoms with Crippen LogP contribution in [0.5, 0.6) is 0 Å². The molecule has 1 heterocycles. The summed E-state index contributed by atoms with van der Waals surface area (Å²) in [5.41, 5.74) is 3.28. The number of hydrogen-bond donors (Lipinski definition) is 2. The topological polar surface area (TPSA) is 60.0 Å². The molecule has 3 aromatic carbocycles. The predicted octanol–water partition coefficient (Wildman–Crippen LogP) is 3.71. The average Bonchev–Trinajstić information content (AvgIpc) is 2.85. The molecule has 32 heavy (non-hydrogen) atoms. The molecule has 0 aliphatic carbocycles. The second-order valence-electron chi connectivity index (χ2n) is 8.11. The third-order valence-electron chi connectivity index (χ3n) is 5.67. The third kappa shape index (κ3) is 6.48. The van der Waals surface area contributed by atoms with E-state index in [0.717, 1.165) is 16.7 Å². The number of aliphatic hydroxyl groups excluding tert-OH is 1. The van der Waals surface area contributed by atoms with Gasteiger partial charge in [-0.3, -0.25) is 0 Å². The van der Waals surface area contributed by atoms with Gasteiger partial charge in [0.05, 0.1) is 38.6 Å². The molecule has 0 bridgehead atoms. The Hall–Kier alpha value is -2.54. The molecule has 1 fully saturated rings. The van der Waals surface area contributed by atoms with E-state index < -0.39 is 12.2 Å². The fourth-order valence-corrected chi connectivity index (χ4v) is 3.93. The molecule has 2 N–H and O–H groups in total. The standard InChI is InChI=1S/C27H31NO4/c29-25-16-28-24(20-30-17-21-10-4-1-5-11-21)26(31-18-22-12-6-2-7-13-22)27(25)32-19-23-14-8-3-9-15-23/h1-15,24-29H,16-20H2/t24-,25+,26+,27+/m0/s1. The predicted molar refractivity (Wildman–Crippen MR) is 124 cm³/mol. The van der Waals surface area contributed by atoms with Crippen LogP contribution >= 0.6 is 0 Å². The number of benzene rings is 3. The van der Waals surface area contributed by atoms with Crippen molar-refractivity contribution in [3.8, 4) is 0 Å². The maximum absolute atomic E-state index is 10.7. The number of aliphatic hydroxyl groups is 1. The highest BCUT2D eigenvalue weighted by atomic mass is 16.6. The number of rotatable bonds is 10. The Bertz CT molecular complexity index is 907. The van der Waals surface area contributed by atoms with E-state index in [1.54, 1.807) is 0 Å². The van der Waals surface area contributed by atoms with Crippen LogP contribution < -0.4 is 5.32 Å². The van der Waals surface area contributed by atoms with Gasteiger partial charge in [-0.2, -0.15) is 0 Å². The zero-order valence-corrected chi connectivity index (χ0v) is 18.2. The van der Waals surface area contributed by atoms with Crippen LogP contribution in [0.25, 0.3) is 0 Å². The van der Waals surface area contributed by atoms with Crippen LogP contribution in [0.2, 0.25) is 0 Å². The first-order chi connectivity index (χ1) is 15.8. The summed E-state index contributed by atoms with van der Waals surface area (Å²) in [6.45, 7) is 2.30. The SMILES string of the molecule is O[C@@H]1CN[C@@H](COCc2ccccc2)[C@@H](OCc2ccccc2)[C@@H]1OCc1ccccc1. The van der Waals surface area contributed by atoms with Crippen molar-refractivity contribution >= 4 is 0 Å². The van der Waals surface area contributed by atoms with E-state index in [-0.39, 0.29) is 12.1 Å². The second kappa shape index (κ2) is 11.9. The van der Waals surface area contributed by atoms with Crippen LogP contribution in [0.15, 0.2) is 91.0 Å². The first-order valence-electron chi connectivity index (χ1n) is 11.1. The average molecular weight is 434 g/mol. The van der Waals surface area contributed by atoms with E-state index in [1.807, 2.05) is 91.0 Å². The Balaban J connectivity index is 1.42. The molecule has 3 aromatic rings. The summed E-state index contributed by atoms with van der Waals surface area (Å²) in [5, 5.41) is 14.1. The van der Waals surface area contributed by atoms with Gasteiger partial charge in [-0.25, -0.2) is 0 Å². The third-order valence-corrected chi connectivity index (χ3v) is 5.67. The minimum absolute atomic E-state index is 0.0911. The Morgan fingerprint density at radius 3 is 1.66 bits per heavy atom.